The largest absolute Gasteiger partial charge is 0.511 e. The van der Waals surface area contributed by atoms with Gasteiger partial charge in [0.25, 0.3) is 0 Å². The number of carbonyl (C=O) groups excluding carboxylic acids is 3. The Balaban J connectivity index is 2.38. The summed E-state index contributed by atoms with van der Waals surface area (Å²) in [6, 6.07) is 0. The highest BCUT2D eigenvalue weighted by atomic mass is 16.5. The number of aliphatic hydroxyl groups excluding tert-OH is 1. The highest BCUT2D eigenvalue weighted by Gasteiger charge is 2.59. The summed E-state index contributed by atoms with van der Waals surface area (Å²) in [6.07, 6.45) is 0.235. The van der Waals surface area contributed by atoms with Crippen molar-refractivity contribution in [2.24, 2.45) is 5.92 Å². The van der Waals surface area contributed by atoms with Crippen molar-refractivity contribution in [3.63, 3.8) is 0 Å². The third-order valence-corrected chi connectivity index (χ3v) is 5.12. The lowest BCUT2D eigenvalue weighted by atomic mass is 9.66. The molecule has 0 saturated heterocycles. The molecule has 3 atom stereocenters. The molecule has 25 heavy (non-hydrogen) atoms. The van der Waals surface area contributed by atoms with Crippen LogP contribution in [-0.4, -0.2) is 38.8 Å². The Hall–Kier alpha value is -2.83. The van der Waals surface area contributed by atoms with Crippen molar-refractivity contribution in [3.8, 4) is 17.2 Å². The van der Waals surface area contributed by atoms with Gasteiger partial charge in [-0.25, -0.2) is 0 Å². The molecule has 0 fully saturated rings. The first-order chi connectivity index (χ1) is 11.5. The van der Waals surface area contributed by atoms with Crippen LogP contribution in [-0.2, 0) is 15.0 Å². The van der Waals surface area contributed by atoms with E-state index in [4.69, 9.17) is 4.74 Å². The first kappa shape index (κ1) is 17.0. The fourth-order valence-corrected chi connectivity index (χ4v) is 3.68. The Bertz CT molecular complexity index is 880. The minimum atomic E-state index is -1.47. The first-order valence-corrected chi connectivity index (χ1v) is 7.75. The summed E-state index contributed by atoms with van der Waals surface area (Å²) in [5.41, 5.74) is -1.51. The Labute approximate surface area is 143 Å². The standard InChI is InChI=1S/C18H18O7/c1-6-14(22)12(8(3)20)16-13(15(6)23)18(4)10(25-16)5-9(21)11(7(2)19)17(18)24/h5,10-11,21-23H,1-4H3/t10-,11?,18+/m1/s1. The van der Waals surface area contributed by atoms with Gasteiger partial charge in [0, 0.05) is 5.56 Å². The minimum Gasteiger partial charge on any atom is -0.511 e. The summed E-state index contributed by atoms with van der Waals surface area (Å²) in [5, 5.41) is 30.8. The second-order valence-corrected chi connectivity index (χ2v) is 6.70. The Kier molecular flexibility index (Phi) is 3.46. The number of ether oxygens (including phenoxy) is 1. The molecule has 1 unspecified atom stereocenters. The summed E-state index contributed by atoms with van der Waals surface area (Å²) in [6.45, 7) is 5.32. The van der Waals surface area contributed by atoms with Gasteiger partial charge >= 0.3 is 0 Å². The lowest BCUT2D eigenvalue weighted by Gasteiger charge is -2.34. The third-order valence-electron chi connectivity index (χ3n) is 5.12. The van der Waals surface area contributed by atoms with Crippen LogP contribution in [0.4, 0.5) is 0 Å². The van der Waals surface area contributed by atoms with E-state index in [0.717, 1.165) is 0 Å². The van der Waals surface area contributed by atoms with E-state index in [2.05, 4.69) is 0 Å². The number of benzene rings is 1. The number of carbonyl (C=O) groups is 3. The second kappa shape index (κ2) is 5.08. The highest BCUT2D eigenvalue weighted by Crippen LogP contribution is 2.56. The Morgan fingerprint density at radius 2 is 1.76 bits per heavy atom. The van der Waals surface area contributed by atoms with Crippen LogP contribution in [0.2, 0.25) is 0 Å². The van der Waals surface area contributed by atoms with Crippen LogP contribution in [0.1, 0.15) is 42.3 Å². The molecule has 0 aromatic heterocycles. The molecule has 0 amide bonds. The van der Waals surface area contributed by atoms with E-state index in [9.17, 15) is 29.7 Å². The molecule has 1 aliphatic carbocycles. The van der Waals surface area contributed by atoms with Crippen molar-refractivity contribution in [1.29, 1.82) is 0 Å². The Morgan fingerprint density at radius 3 is 2.28 bits per heavy atom. The molecule has 7 heteroatoms. The van der Waals surface area contributed by atoms with Gasteiger partial charge in [-0.15, -0.1) is 0 Å². The van der Waals surface area contributed by atoms with Crippen molar-refractivity contribution >= 4 is 17.3 Å². The van der Waals surface area contributed by atoms with E-state index in [1.807, 2.05) is 0 Å². The molecule has 0 radical (unpaired) electrons. The lowest BCUT2D eigenvalue weighted by Crippen LogP contribution is -2.50. The van der Waals surface area contributed by atoms with E-state index in [0.29, 0.717) is 0 Å². The van der Waals surface area contributed by atoms with Gasteiger partial charge in [0.1, 0.15) is 51.8 Å². The number of phenols is 2. The number of Topliss-reactive ketones (excluding diaryl/α,β-unsaturated/α-hetero) is 3. The minimum absolute atomic E-state index is 0.0420. The number of ketones is 3. The quantitative estimate of drug-likeness (QED) is 0.552. The molecule has 7 nitrogen and oxygen atoms in total. The zero-order valence-corrected chi connectivity index (χ0v) is 14.2. The maximum Gasteiger partial charge on any atom is 0.167 e. The van der Waals surface area contributed by atoms with E-state index in [-0.39, 0.29) is 28.2 Å². The van der Waals surface area contributed by atoms with E-state index >= 15 is 0 Å². The molecule has 0 spiro atoms. The highest BCUT2D eigenvalue weighted by molar-refractivity contribution is 6.12. The number of fused-ring (bicyclic) bond motifs is 3. The zero-order chi connectivity index (χ0) is 18.8. The normalized spacial score (nSPS) is 27.2. The molecule has 132 valence electrons. The molecule has 3 N–H and O–H groups in total. The average Bonchev–Trinajstić information content (AvgIpc) is 2.78. The number of aromatic hydroxyl groups is 2. The van der Waals surface area contributed by atoms with Gasteiger partial charge < -0.3 is 20.1 Å². The van der Waals surface area contributed by atoms with E-state index in [1.165, 1.54) is 33.8 Å². The predicted octanol–water partition coefficient (Wildman–Crippen LogP) is 1.86. The van der Waals surface area contributed by atoms with Gasteiger partial charge in [-0.3, -0.25) is 14.4 Å². The van der Waals surface area contributed by atoms with E-state index < -0.39 is 46.3 Å². The lowest BCUT2D eigenvalue weighted by molar-refractivity contribution is -0.136. The molecule has 1 aliphatic heterocycles. The molecule has 2 aliphatic rings. The van der Waals surface area contributed by atoms with Crippen LogP contribution < -0.4 is 4.74 Å². The van der Waals surface area contributed by atoms with Crippen LogP contribution in [0.15, 0.2) is 11.8 Å². The summed E-state index contributed by atoms with van der Waals surface area (Å²) in [7, 11) is 0. The predicted molar refractivity (Wildman–Crippen MR) is 86.2 cm³/mol. The monoisotopic (exact) mass is 346 g/mol. The van der Waals surface area contributed by atoms with Gasteiger partial charge in [-0.05, 0) is 33.8 Å². The molecule has 1 aromatic carbocycles. The van der Waals surface area contributed by atoms with Crippen LogP contribution in [0.3, 0.4) is 0 Å². The number of hydrogen-bond acceptors (Lipinski definition) is 7. The maximum atomic E-state index is 13.0. The molecule has 1 heterocycles. The fraction of sp³-hybridized carbons (Fsp3) is 0.389. The number of rotatable bonds is 2. The first-order valence-electron chi connectivity index (χ1n) is 7.75. The van der Waals surface area contributed by atoms with Gasteiger partial charge in [-0.1, -0.05) is 0 Å². The fourth-order valence-electron chi connectivity index (χ4n) is 3.68. The van der Waals surface area contributed by atoms with Crippen LogP contribution >= 0.6 is 0 Å². The van der Waals surface area contributed by atoms with Crippen molar-refractivity contribution < 1.29 is 34.4 Å². The van der Waals surface area contributed by atoms with Gasteiger partial charge in [-0.2, -0.15) is 0 Å². The molecular weight excluding hydrogens is 328 g/mol. The third kappa shape index (κ3) is 1.95. The summed E-state index contributed by atoms with van der Waals surface area (Å²) >= 11 is 0. The zero-order valence-electron chi connectivity index (χ0n) is 14.2. The molecule has 1 aromatic rings. The van der Waals surface area contributed by atoms with Gasteiger partial charge in [0.2, 0.25) is 0 Å². The summed E-state index contributed by atoms with van der Waals surface area (Å²) in [5.74, 6) is -4.32. The van der Waals surface area contributed by atoms with Crippen molar-refractivity contribution in [3.05, 3.63) is 28.5 Å². The van der Waals surface area contributed by atoms with Crippen molar-refractivity contribution in [1.82, 2.24) is 0 Å². The topological polar surface area (TPSA) is 121 Å². The SMILES string of the molecule is CC(=O)c1c(O)c(C)c(O)c2c1O[C@@H]1C=C(O)C(C(C)=O)C(=O)[C@]21C. The smallest absolute Gasteiger partial charge is 0.167 e. The van der Waals surface area contributed by atoms with Crippen LogP contribution in [0.5, 0.6) is 17.2 Å². The molecule has 0 saturated carbocycles. The Morgan fingerprint density at radius 1 is 1.16 bits per heavy atom. The van der Waals surface area contributed by atoms with Crippen LogP contribution in [0, 0.1) is 12.8 Å². The molecule has 3 rings (SSSR count). The second-order valence-electron chi connectivity index (χ2n) is 6.70. The molecular formula is C18H18O7. The number of aliphatic hydroxyl groups is 1. The maximum absolute atomic E-state index is 13.0. The summed E-state index contributed by atoms with van der Waals surface area (Å²) in [4.78, 5) is 36.8. The number of phenolic OH excluding ortho intramolecular Hbond substituents is 2. The van der Waals surface area contributed by atoms with Crippen LogP contribution in [0.25, 0.3) is 0 Å². The molecule has 0 bridgehead atoms. The van der Waals surface area contributed by atoms with Gasteiger partial charge in [0.05, 0.1) is 5.56 Å². The summed E-state index contributed by atoms with van der Waals surface area (Å²) < 4.78 is 5.68. The van der Waals surface area contributed by atoms with E-state index in [1.54, 1.807) is 0 Å². The average molecular weight is 346 g/mol. The number of hydrogen-bond donors (Lipinski definition) is 3. The number of allylic oxidation sites excluding steroid dienone is 1. The van der Waals surface area contributed by atoms with Crippen molar-refractivity contribution in [2.75, 3.05) is 0 Å². The van der Waals surface area contributed by atoms with Gasteiger partial charge in [0.15, 0.2) is 11.6 Å². The van der Waals surface area contributed by atoms with Crippen molar-refractivity contribution in [2.45, 2.75) is 39.2 Å².